The van der Waals surface area contributed by atoms with Gasteiger partial charge in [0.15, 0.2) is 0 Å². The monoisotopic (exact) mass is 266 g/mol. The van der Waals surface area contributed by atoms with Gasteiger partial charge < -0.3 is 16.6 Å². The quantitative estimate of drug-likeness (QED) is 0.685. The van der Waals surface area contributed by atoms with Crippen LogP contribution in [-0.4, -0.2) is 17.6 Å². The fraction of sp³-hybridized carbons (Fsp3) is 0.500. The molecular formula is C14H19FN2O2. The topological polar surface area (TPSA) is 89.3 Å². The van der Waals surface area contributed by atoms with Gasteiger partial charge in [-0.1, -0.05) is 12.8 Å². The van der Waals surface area contributed by atoms with Gasteiger partial charge in [-0.25, -0.2) is 4.39 Å². The molecule has 1 fully saturated rings. The third-order valence-corrected chi connectivity index (χ3v) is 3.85. The Morgan fingerprint density at radius 2 is 2.16 bits per heavy atom. The van der Waals surface area contributed by atoms with Gasteiger partial charge >= 0.3 is 5.97 Å². The lowest BCUT2D eigenvalue weighted by atomic mass is 9.77. The number of nitrogen functional groups attached to an aromatic ring is 1. The molecule has 5 N–H and O–H groups in total. The van der Waals surface area contributed by atoms with E-state index in [-0.39, 0.29) is 13.0 Å². The highest BCUT2D eigenvalue weighted by atomic mass is 19.1. The maximum Gasteiger partial charge on any atom is 0.311 e. The predicted molar refractivity (Wildman–Crippen MR) is 71.0 cm³/mol. The van der Waals surface area contributed by atoms with E-state index < -0.39 is 17.2 Å². The average molecular weight is 266 g/mol. The SMILES string of the molecule is NCC(Cc1cc(F)ccc1N)(CC1CC1)C(=O)O. The number of anilines is 1. The molecule has 0 saturated heterocycles. The third kappa shape index (κ3) is 3.04. The van der Waals surface area contributed by atoms with Crippen LogP contribution in [0.2, 0.25) is 0 Å². The van der Waals surface area contributed by atoms with Crippen LogP contribution in [0, 0.1) is 17.2 Å². The molecule has 1 aliphatic carbocycles. The fourth-order valence-corrected chi connectivity index (χ4v) is 2.44. The predicted octanol–water partition coefficient (Wildman–Crippen LogP) is 1.78. The minimum atomic E-state index is -1.04. The Hall–Kier alpha value is -1.62. The van der Waals surface area contributed by atoms with Gasteiger partial charge in [-0.2, -0.15) is 0 Å². The molecular weight excluding hydrogens is 247 g/mol. The standard InChI is InChI=1S/C14H19FN2O2/c15-11-3-4-12(17)10(5-11)7-14(8-16,13(18)19)6-9-1-2-9/h3-5,9H,1-2,6-8,16-17H2,(H,18,19). The number of rotatable bonds is 6. The van der Waals surface area contributed by atoms with Crippen LogP contribution >= 0.6 is 0 Å². The Kier molecular flexibility index (Phi) is 3.75. The van der Waals surface area contributed by atoms with E-state index in [0.717, 1.165) is 12.8 Å². The van der Waals surface area contributed by atoms with Crippen molar-refractivity contribution in [2.75, 3.05) is 12.3 Å². The van der Waals surface area contributed by atoms with Crippen LogP contribution in [0.3, 0.4) is 0 Å². The second kappa shape index (κ2) is 5.17. The second-order valence-corrected chi connectivity index (χ2v) is 5.46. The van der Waals surface area contributed by atoms with E-state index >= 15 is 0 Å². The van der Waals surface area contributed by atoms with Crippen molar-refractivity contribution in [1.29, 1.82) is 0 Å². The summed E-state index contributed by atoms with van der Waals surface area (Å²) in [7, 11) is 0. The van der Waals surface area contributed by atoms with E-state index in [0.29, 0.717) is 23.6 Å². The summed E-state index contributed by atoms with van der Waals surface area (Å²) in [4.78, 5) is 11.6. The summed E-state index contributed by atoms with van der Waals surface area (Å²) in [6, 6.07) is 4.03. The van der Waals surface area contributed by atoms with Crippen LogP contribution in [0.4, 0.5) is 10.1 Å². The number of hydrogen-bond donors (Lipinski definition) is 3. The molecule has 1 aromatic rings. The zero-order valence-corrected chi connectivity index (χ0v) is 10.7. The zero-order chi connectivity index (χ0) is 14.0. The summed E-state index contributed by atoms with van der Waals surface area (Å²) in [5.74, 6) is -0.910. The number of carbonyl (C=O) groups is 1. The van der Waals surface area contributed by atoms with Crippen molar-refractivity contribution in [3.63, 3.8) is 0 Å². The minimum absolute atomic E-state index is 0.0365. The van der Waals surface area contributed by atoms with Gasteiger partial charge in [0.05, 0.1) is 5.41 Å². The van der Waals surface area contributed by atoms with Gasteiger partial charge in [0.1, 0.15) is 5.82 Å². The van der Waals surface area contributed by atoms with E-state index in [2.05, 4.69) is 0 Å². The number of carboxylic acid groups (broad SMARTS) is 1. The van der Waals surface area contributed by atoms with E-state index in [4.69, 9.17) is 11.5 Å². The van der Waals surface area contributed by atoms with Crippen LogP contribution in [0.25, 0.3) is 0 Å². The van der Waals surface area contributed by atoms with Crippen molar-refractivity contribution < 1.29 is 14.3 Å². The molecule has 2 rings (SSSR count). The Morgan fingerprint density at radius 1 is 1.47 bits per heavy atom. The largest absolute Gasteiger partial charge is 0.481 e. The van der Waals surface area contributed by atoms with Crippen molar-refractivity contribution in [3.05, 3.63) is 29.6 Å². The maximum atomic E-state index is 13.3. The molecule has 0 aromatic heterocycles. The molecule has 1 atom stereocenters. The number of hydrogen-bond acceptors (Lipinski definition) is 3. The van der Waals surface area contributed by atoms with Crippen molar-refractivity contribution in [1.82, 2.24) is 0 Å². The molecule has 4 nitrogen and oxygen atoms in total. The molecule has 1 unspecified atom stereocenters. The lowest BCUT2D eigenvalue weighted by molar-refractivity contribution is -0.149. The Balaban J connectivity index is 2.27. The molecule has 0 heterocycles. The first-order chi connectivity index (χ1) is 8.97. The van der Waals surface area contributed by atoms with Gasteiger partial charge in [-0.15, -0.1) is 0 Å². The number of halogens is 1. The molecule has 104 valence electrons. The fourth-order valence-electron chi connectivity index (χ4n) is 2.44. The molecule has 0 bridgehead atoms. The Morgan fingerprint density at radius 3 is 2.68 bits per heavy atom. The lowest BCUT2D eigenvalue weighted by Crippen LogP contribution is -2.41. The lowest BCUT2D eigenvalue weighted by Gasteiger charge is -2.28. The van der Waals surface area contributed by atoms with Crippen LogP contribution in [0.5, 0.6) is 0 Å². The van der Waals surface area contributed by atoms with Crippen molar-refractivity contribution in [2.24, 2.45) is 17.1 Å². The average Bonchev–Trinajstić information content (AvgIpc) is 3.16. The van der Waals surface area contributed by atoms with E-state index in [9.17, 15) is 14.3 Å². The molecule has 0 radical (unpaired) electrons. The molecule has 0 spiro atoms. The number of nitrogens with two attached hydrogens (primary N) is 2. The Bertz CT molecular complexity index is 488. The smallest absolute Gasteiger partial charge is 0.311 e. The number of benzene rings is 1. The molecule has 19 heavy (non-hydrogen) atoms. The maximum absolute atomic E-state index is 13.3. The van der Waals surface area contributed by atoms with Gasteiger partial charge in [0.25, 0.3) is 0 Å². The van der Waals surface area contributed by atoms with Gasteiger partial charge in [0.2, 0.25) is 0 Å². The van der Waals surface area contributed by atoms with Crippen LogP contribution in [0.1, 0.15) is 24.8 Å². The molecule has 0 aliphatic heterocycles. The number of aliphatic carboxylic acids is 1. The van der Waals surface area contributed by atoms with E-state index in [1.807, 2.05) is 0 Å². The van der Waals surface area contributed by atoms with E-state index in [1.54, 1.807) is 0 Å². The Labute approximate surface area is 111 Å². The first-order valence-corrected chi connectivity index (χ1v) is 6.44. The third-order valence-electron chi connectivity index (χ3n) is 3.85. The minimum Gasteiger partial charge on any atom is -0.481 e. The highest BCUT2D eigenvalue weighted by Gasteiger charge is 2.42. The zero-order valence-electron chi connectivity index (χ0n) is 10.7. The first kappa shape index (κ1) is 13.8. The molecule has 1 aliphatic rings. The van der Waals surface area contributed by atoms with Crippen LogP contribution in [-0.2, 0) is 11.2 Å². The van der Waals surface area contributed by atoms with Crippen LogP contribution < -0.4 is 11.5 Å². The first-order valence-electron chi connectivity index (χ1n) is 6.44. The van der Waals surface area contributed by atoms with Gasteiger partial charge in [-0.3, -0.25) is 4.79 Å². The summed E-state index contributed by atoms with van der Waals surface area (Å²) in [5.41, 5.74) is 11.4. The van der Waals surface area contributed by atoms with Crippen molar-refractivity contribution in [2.45, 2.75) is 25.7 Å². The van der Waals surface area contributed by atoms with E-state index in [1.165, 1.54) is 18.2 Å². The summed E-state index contributed by atoms with van der Waals surface area (Å²) >= 11 is 0. The van der Waals surface area contributed by atoms with Gasteiger partial charge in [0, 0.05) is 12.2 Å². The molecule has 1 saturated carbocycles. The molecule has 5 heteroatoms. The van der Waals surface area contributed by atoms with Crippen LogP contribution in [0.15, 0.2) is 18.2 Å². The van der Waals surface area contributed by atoms with Crippen molar-refractivity contribution >= 4 is 11.7 Å². The van der Waals surface area contributed by atoms with Crippen molar-refractivity contribution in [3.8, 4) is 0 Å². The molecule has 0 amide bonds. The second-order valence-electron chi connectivity index (χ2n) is 5.46. The highest BCUT2D eigenvalue weighted by Crippen LogP contribution is 2.42. The summed E-state index contributed by atoms with van der Waals surface area (Å²) in [5, 5.41) is 9.51. The number of carboxylic acids is 1. The highest BCUT2D eigenvalue weighted by molar-refractivity contribution is 5.76. The molecule has 1 aromatic carbocycles. The van der Waals surface area contributed by atoms with Gasteiger partial charge in [-0.05, 0) is 42.5 Å². The summed E-state index contributed by atoms with van der Waals surface area (Å²) in [6.45, 7) is 0.0365. The summed E-state index contributed by atoms with van der Waals surface area (Å²) in [6.07, 6.45) is 2.81. The summed E-state index contributed by atoms with van der Waals surface area (Å²) < 4.78 is 13.3. The normalized spacial score (nSPS) is 18.0.